The molecule has 2 nitrogen and oxygen atoms in total. The van der Waals surface area contributed by atoms with Gasteiger partial charge in [0.25, 0.3) is 0 Å². The third kappa shape index (κ3) is 2.45. The molecule has 1 aromatic rings. The van der Waals surface area contributed by atoms with Crippen molar-refractivity contribution in [3.8, 4) is 0 Å². The van der Waals surface area contributed by atoms with Crippen LogP contribution in [0.4, 0.5) is 0 Å². The van der Waals surface area contributed by atoms with E-state index in [-0.39, 0.29) is 11.5 Å². The van der Waals surface area contributed by atoms with E-state index in [1.165, 1.54) is 25.7 Å². The molecule has 0 heterocycles. The van der Waals surface area contributed by atoms with Crippen molar-refractivity contribution in [3.05, 3.63) is 33.8 Å². The molecule has 0 amide bonds. The van der Waals surface area contributed by atoms with E-state index in [2.05, 4.69) is 12.3 Å². The normalized spacial score (nSPS) is 20.5. The first-order valence-corrected chi connectivity index (χ1v) is 6.74. The Kier molecular flexibility index (Phi) is 3.99. The number of hydrogen-bond acceptors (Lipinski definition) is 2. The van der Waals surface area contributed by atoms with Crippen LogP contribution in [0, 0.1) is 5.41 Å². The molecule has 1 unspecified atom stereocenters. The monoisotopic (exact) mass is 272 g/mol. The number of hydrogen-bond donors (Lipinski definition) is 2. The van der Waals surface area contributed by atoms with Gasteiger partial charge in [-0.15, -0.1) is 0 Å². The van der Waals surface area contributed by atoms with Crippen molar-refractivity contribution in [1.82, 2.24) is 5.43 Å². The SMILES string of the molecule is CC1(C(NN)c2cccc(Cl)c2Cl)CCCC1. The van der Waals surface area contributed by atoms with Crippen molar-refractivity contribution in [2.75, 3.05) is 0 Å². The number of nitrogens with two attached hydrogens (primary N) is 1. The Balaban J connectivity index is 2.38. The molecule has 94 valence electrons. The fourth-order valence-electron chi connectivity index (χ4n) is 2.88. The molecule has 0 aliphatic heterocycles. The molecule has 1 fully saturated rings. The zero-order valence-corrected chi connectivity index (χ0v) is 11.5. The fourth-order valence-corrected chi connectivity index (χ4v) is 3.30. The lowest BCUT2D eigenvalue weighted by atomic mass is 9.77. The summed E-state index contributed by atoms with van der Waals surface area (Å²) in [4.78, 5) is 0. The van der Waals surface area contributed by atoms with Crippen molar-refractivity contribution in [1.29, 1.82) is 0 Å². The highest BCUT2D eigenvalue weighted by atomic mass is 35.5. The van der Waals surface area contributed by atoms with Gasteiger partial charge in [-0.25, -0.2) is 0 Å². The standard InChI is InChI=1S/C13H18Cl2N2/c1-13(7-2-3-8-13)12(17-16)9-5-4-6-10(14)11(9)15/h4-6,12,17H,2-3,7-8,16H2,1H3. The molecule has 17 heavy (non-hydrogen) atoms. The minimum Gasteiger partial charge on any atom is -0.271 e. The van der Waals surface area contributed by atoms with E-state index in [4.69, 9.17) is 29.0 Å². The smallest absolute Gasteiger partial charge is 0.0640 e. The molecule has 0 radical (unpaired) electrons. The molecule has 0 aromatic heterocycles. The Bertz CT molecular complexity index is 400. The molecular formula is C13H18Cl2N2. The van der Waals surface area contributed by atoms with Gasteiger partial charge in [0.1, 0.15) is 0 Å². The second-order valence-corrected chi connectivity index (χ2v) is 5.89. The lowest BCUT2D eigenvalue weighted by Crippen LogP contribution is -2.38. The summed E-state index contributed by atoms with van der Waals surface area (Å²) >= 11 is 12.3. The number of rotatable bonds is 3. The summed E-state index contributed by atoms with van der Waals surface area (Å²) < 4.78 is 0. The van der Waals surface area contributed by atoms with Crippen LogP contribution in [0.15, 0.2) is 18.2 Å². The van der Waals surface area contributed by atoms with Gasteiger partial charge in [0, 0.05) is 0 Å². The van der Waals surface area contributed by atoms with Crippen molar-refractivity contribution >= 4 is 23.2 Å². The van der Waals surface area contributed by atoms with Crippen LogP contribution in [0.25, 0.3) is 0 Å². The second-order valence-electron chi connectivity index (χ2n) is 5.10. The van der Waals surface area contributed by atoms with Gasteiger partial charge in [-0.2, -0.15) is 0 Å². The number of hydrazine groups is 1. The van der Waals surface area contributed by atoms with Gasteiger partial charge in [-0.1, -0.05) is 55.1 Å². The third-order valence-corrected chi connectivity index (χ3v) is 4.74. The van der Waals surface area contributed by atoms with E-state index in [0.717, 1.165) is 5.56 Å². The summed E-state index contributed by atoms with van der Waals surface area (Å²) in [6, 6.07) is 5.79. The summed E-state index contributed by atoms with van der Waals surface area (Å²) in [7, 11) is 0. The van der Waals surface area contributed by atoms with Crippen LogP contribution in [0.3, 0.4) is 0 Å². The average Bonchev–Trinajstić information content (AvgIpc) is 2.73. The Morgan fingerprint density at radius 1 is 1.29 bits per heavy atom. The van der Waals surface area contributed by atoms with E-state index in [0.29, 0.717) is 10.0 Å². The summed E-state index contributed by atoms with van der Waals surface area (Å²) in [6.07, 6.45) is 4.86. The van der Waals surface area contributed by atoms with Crippen LogP contribution in [-0.4, -0.2) is 0 Å². The molecule has 2 rings (SSSR count). The summed E-state index contributed by atoms with van der Waals surface area (Å²) in [5.41, 5.74) is 4.10. The van der Waals surface area contributed by atoms with Crippen molar-refractivity contribution in [2.45, 2.75) is 38.6 Å². The van der Waals surface area contributed by atoms with Crippen molar-refractivity contribution in [2.24, 2.45) is 11.3 Å². The Morgan fingerprint density at radius 2 is 1.94 bits per heavy atom. The quantitative estimate of drug-likeness (QED) is 0.643. The van der Waals surface area contributed by atoms with Gasteiger partial charge in [-0.05, 0) is 29.9 Å². The number of halogens is 2. The largest absolute Gasteiger partial charge is 0.271 e. The van der Waals surface area contributed by atoms with E-state index in [1.54, 1.807) is 6.07 Å². The van der Waals surface area contributed by atoms with Gasteiger partial charge in [0.2, 0.25) is 0 Å². The molecule has 4 heteroatoms. The molecule has 1 aliphatic rings. The molecule has 0 saturated heterocycles. The highest BCUT2D eigenvalue weighted by Gasteiger charge is 2.38. The number of nitrogens with one attached hydrogen (secondary N) is 1. The maximum atomic E-state index is 6.28. The average molecular weight is 273 g/mol. The highest BCUT2D eigenvalue weighted by Crippen LogP contribution is 2.48. The lowest BCUT2D eigenvalue weighted by Gasteiger charge is -2.34. The van der Waals surface area contributed by atoms with Crippen molar-refractivity contribution < 1.29 is 0 Å². The summed E-state index contributed by atoms with van der Waals surface area (Å²) in [5, 5.41) is 1.20. The second kappa shape index (κ2) is 5.15. The molecule has 0 bridgehead atoms. The minimum atomic E-state index is 0.0659. The Labute approximate surface area is 112 Å². The highest BCUT2D eigenvalue weighted by molar-refractivity contribution is 6.42. The van der Waals surface area contributed by atoms with E-state index in [9.17, 15) is 0 Å². The lowest BCUT2D eigenvalue weighted by molar-refractivity contribution is 0.225. The van der Waals surface area contributed by atoms with E-state index >= 15 is 0 Å². The fraction of sp³-hybridized carbons (Fsp3) is 0.538. The zero-order chi connectivity index (χ0) is 12.5. The van der Waals surface area contributed by atoms with Crippen LogP contribution in [0.1, 0.15) is 44.2 Å². The first-order chi connectivity index (χ1) is 8.08. The number of benzene rings is 1. The predicted octanol–water partition coefficient (Wildman–Crippen LogP) is 4.08. The maximum Gasteiger partial charge on any atom is 0.0640 e. The topological polar surface area (TPSA) is 38.0 Å². The molecule has 0 spiro atoms. The Morgan fingerprint density at radius 3 is 2.53 bits per heavy atom. The van der Waals surface area contributed by atoms with E-state index < -0.39 is 0 Å². The zero-order valence-electron chi connectivity index (χ0n) is 9.97. The minimum absolute atomic E-state index is 0.0659. The summed E-state index contributed by atoms with van der Waals surface area (Å²) in [5.74, 6) is 5.74. The molecule has 1 atom stereocenters. The van der Waals surface area contributed by atoms with Gasteiger partial charge in [0.05, 0.1) is 16.1 Å². The molecular weight excluding hydrogens is 255 g/mol. The van der Waals surface area contributed by atoms with Crippen LogP contribution >= 0.6 is 23.2 Å². The van der Waals surface area contributed by atoms with Crippen LogP contribution in [-0.2, 0) is 0 Å². The molecule has 1 aliphatic carbocycles. The molecule has 1 saturated carbocycles. The van der Waals surface area contributed by atoms with Gasteiger partial charge in [-0.3, -0.25) is 11.3 Å². The van der Waals surface area contributed by atoms with Crippen LogP contribution in [0.2, 0.25) is 10.0 Å². The van der Waals surface area contributed by atoms with Crippen LogP contribution in [0.5, 0.6) is 0 Å². The molecule has 1 aromatic carbocycles. The first-order valence-electron chi connectivity index (χ1n) is 5.98. The maximum absolute atomic E-state index is 6.28. The summed E-state index contributed by atoms with van der Waals surface area (Å²) in [6.45, 7) is 2.27. The van der Waals surface area contributed by atoms with Gasteiger partial charge >= 0.3 is 0 Å². The third-order valence-electron chi connectivity index (χ3n) is 3.90. The molecule has 3 N–H and O–H groups in total. The Hall–Kier alpha value is -0.280. The van der Waals surface area contributed by atoms with Crippen LogP contribution < -0.4 is 11.3 Å². The predicted molar refractivity (Wildman–Crippen MR) is 73.1 cm³/mol. The van der Waals surface area contributed by atoms with Gasteiger partial charge < -0.3 is 0 Å². The van der Waals surface area contributed by atoms with Gasteiger partial charge in [0.15, 0.2) is 0 Å². The van der Waals surface area contributed by atoms with Crippen molar-refractivity contribution in [3.63, 3.8) is 0 Å². The first kappa shape index (κ1) is 13.2. The van der Waals surface area contributed by atoms with E-state index in [1.807, 2.05) is 12.1 Å².